The average Bonchev–Trinajstić information content (AvgIpc) is 2.65. The van der Waals surface area contributed by atoms with E-state index >= 15 is 0 Å². The number of hydrogen-bond acceptors (Lipinski definition) is 5. The van der Waals surface area contributed by atoms with Gasteiger partial charge in [0.05, 0.1) is 0 Å². The topological polar surface area (TPSA) is 69.2 Å². The second-order valence-corrected chi connectivity index (χ2v) is 4.12. The number of aromatic amines is 1. The Morgan fingerprint density at radius 2 is 2.29 bits per heavy atom. The highest BCUT2D eigenvalue weighted by molar-refractivity contribution is 6.99. The molecular weight excluding hydrogens is 202 g/mol. The first-order chi connectivity index (χ1) is 6.81. The molecule has 1 aliphatic rings. The van der Waals surface area contributed by atoms with Crippen molar-refractivity contribution in [3.8, 4) is 0 Å². The molecule has 2 heterocycles. The molecule has 6 heteroatoms. The van der Waals surface area contributed by atoms with Gasteiger partial charge in [-0.3, -0.25) is 9.17 Å². The van der Waals surface area contributed by atoms with Crippen LogP contribution in [0.15, 0.2) is 4.79 Å². The Kier molecular flexibility index (Phi) is 2.83. The molecule has 2 rings (SSSR count). The molecule has 0 radical (unpaired) electrons. The Balaban J connectivity index is 2.02. The Morgan fingerprint density at radius 3 is 2.79 bits per heavy atom. The summed E-state index contributed by atoms with van der Waals surface area (Å²) in [6, 6.07) is 0. The van der Waals surface area contributed by atoms with Crippen LogP contribution in [0, 0.1) is 5.92 Å². The number of anilines is 1. The molecule has 2 N–H and O–H groups in total. The van der Waals surface area contributed by atoms with E-state index in [9.17, 15) is 4.79 Å². The van der Waals surface area contributed by atoms with Crippen LogP contribution in [0.3, 0.4) is 0 Å². The van der Waals surface area contributed by atoms with E-state index in [0.29, 0.717) is 11.7 Å². The molecule has 1 aromatic rings. The van der Waals surface area contributed by atoms with Crippen molar-refractivity contribution in [1.29, 1.82) is 0 Å². The van der Waals surface area contributed by atoms with Crippen molar-refractivity contribution in [3.63, 3.8) is 0 Å². The van der Waals surface area contributed by atoms with Gasteiger partial charge in [0.1, 0.15) is 0 Å². The highest BCUT2D eigenvalue weighted by Crippen LogP contribution is 2.19. The summed E-state index contributed by atoms with van der Waals surface area (Å²) in [6.07, 6.45) is 1.88. The summed E-state index contributed by atoms with van der Waals surface area (Å²) in [7, 11) is 0. The maximum atomic E-state index is 11.3. The van der Waals surface area contributed by atoms with Crippen molar-refractivity contribution < 1.29 is 5.11 Å². The van der Waals surface area contributed by atoms with E-state index in [1.807, 2.05) is 4.90 Å². The SMILES string of the molecule is O=c1[nH]snc1N1CCC(CO)CC1. The number of piperidine rings is 1. The zero-order valence-corrected chi connectivity index (χ0v) is 8.59. The van der Waals surface area contributed by atoms with Crippen molar-refractivity contribution >= 4 is 17.5 Å². The molecular formula is C8H13N3O2S. The van der Waals surface area contributed by atoms with Gasteiger partial charge >= 0.3 is 5.56 Å². The average molecular weight is 215 g/mol. The van der Waals surface area contributed by atoms with E-state index in [2.05, 4.69) is 8.75 Å². The molecule has 0 bridgehead atoms. The van der Waals surface area contributed by atoms with Crippen LogP contribution in [0.25, 0.3) is 0 Å². The summed E-state index contributed by atoms with van der Waals surface area (Å²) in [5.74, 6) is 0.926. The first kappa shape index (κ1) is 9.67. The van der Waals surface area contributed by atoms with E-state index < -0.39 is 0 Å². The molecule has 1 saturated heterocycles. The second kappa shape index (κ2) is 4.10. The molecule has 0 saturated carbocycles. The van der Waals surface area contributed by atoms with Crippen LogP contribution in [0.5, 0.6) is 0 Å². The highest BCUT2D eigenvalue weighted by Gasteiger charge is 2.21. The largest absolute Gasteiger partial charge is 0.396 e. The van der Waals surface area contributed by atoms with E-state index in [1.54, 1.807) is 0 Å². The zero-order valence-electron chi connectivity index (χ0n) is 7.77. The van der Waals surface area contributed by atoms with Crippen LogP contribution in [0.1, 0.15) is 12.8 Å². The lowest BCUT2D eigenvalue weighted by Crippen LogP contribution is -2.37. The molecule has 0 spiro atoms. The number of rotatable bonds is 2. The smallest absolute Gasteiger partial charge is 0.302 e. The Morgan fingerprint density at radius 1 is 1.57 bits per heavy atom. The van der Waals surface area contributed by atoms with E-state index in [4.69, 9.17) is 5.11 Å². The maximum Gasteiger partial charge on any atom is 0.302 e. The van der Waals surface area contributed by atoms with Crippen molar-refractivity contribution in [1.82, 2.24) is 8.75 Å². The van der Waals surface area contributed by atoms with E-state index in [1.165, 1.54) is 0 Å². The van der Waals surface area contributed by atoms with Crippen LogP contribution in [0.2, 0.25) is 0 Å². The number of aliphatic hydroxyl groups is 1. The fraction of sp³-hybridized carbons (Fsp3) is 0.750. The summed E-state index contributed by atoms with van der Waals surface area (Å²) < 4.78 is 6.60. The van der Waals surface area contributed by atoms with Gasteiger partial charge in [0.2, 0.25) is 5.82 Å². The van der Waals surface area contributed by atoms with Gasteiger partial charge in [-0.2, -0.15) is 4.37 Å². The van der Waals surface area contributed by atoms with Gasteiger partial charge in [-0.15, -0.1) is 0 Å². The quantitative estimate of drug-likeness (QED) is 0.731. The number of aliphatic hydroxyl groups excluding tert-OH is 1. The molecule has 1 aliphatic heterocycles. The molecule has 78 valence electrons. The normalized spacial score (nSPS) is 18.8. The van der Waals surface area contributed by atoms with Gasteiger partial charge in [0.15, 0.2) is 0 Å². The molecule has 5 nitrogen and oxygen atoms in total. The first-order valence-corrected chi connectivity index (χ1v) is 5.48. The number of hydrogen-bond donors (Lipinski definition) is 2. The van der Waals surface area contributed by atoms with Crippen molar-refractivity contribution in [2.45, 2.75) is 12.8 Å². The molecule has 0 aromatic carbocycles. The van der Waals surface area contributed by atoms with Gasteiger partial charge < -0.3 is 10.0 Å². The molecule has 0 unspecified atom stereocenters. The summed E-state index contributed by atoms with van der Waals surface area (Å²) in [5, 5.41) is 8.96. The highest BCUT2D eigenvalue weighted by atomic mass is 32.1. The number of nitrogens with zero attached hydrogens (tertiary/aromatic N) is 2. The van der Waals surface area contributed by atoms with Gasteiger partial charge in [-0.1, -0.05) is 0 Å². The van der Waals surface area contributed by atoms with Crippen molar-refractivity contribution in [3.05, 3.63) is 10.4 Å². The fourth-order valence-electron chi connectivity index (χ4n) is 1.72. The van der Waals surface area contributed by atoms with Crippen molar-refractivity contribution in [2.75, 3.05) is 24.6 Å². The number of nitrogens with one attached hydrogen (secondary N) is 1. The summed E-state index contributed by atoms with van der Waals surface area (Å²) in [6.45, 7) is 1.89. The molecule has 0 amide bonds. The van der Waals surface area contributed by atoms with Crippen LogP contribution in [0.4, 0.5) is 5.82 Å². The predicted octanol–water partition coefficient (Wildman–Crippen LogP) is 0.0401. The predicted molar refractivity (Wildman–Crippen MR) is 54.8 cm³/mol. The minimum absolute atomic E-state index is 0.0996. The van der Waals surface area contributed by atoms with Crippen molar-refractivity contribution in [2.24, 2.45) is 5.92 Å². The Bertz CT molecular complexity index is 340. The van der Waals surface area contributed by atoms with Crippen LogP contribution in [-0.4, -0.2) is 33.6 Å². The standard InChI is InChI=1S/C8H13N3O2S/c12-5-6-1-3-11(4-2-6)7-8(13)10-14-9-7/h6,12H,1-5H2,(H,10,13). The lowest BCUT2D eigenvalue weighted by Gasteiger charge is -2.30. The number of aromatic nitrogens is 2. The third-order valence-corrected chi connectivity index (χ3v) is 3.19. The summed E-state index contributed by atoms with van der Waals surface area (Å²) >= 11 is 1.09. The fourth-order valence-corrected chi connectivity index (χ4v) is 2.23. The number of H-pyrrole nitrogens is 1. The third-order valence-electron chi connectivity index (χ3n) is 2.65. The van der Waals surface area contributed by atoms with E-state index in [0.717, 1.165) is 37.7 Å². The molecule has 0 aliphatic carbocycles. The first-order valence-electron chi connectivity index (χ1n) is 4.71. The van der Waals surface area contributed by atoms with Gasteiger partial charge in [0.25, 0.3) is 0 Å². The lowest BCUT2D eigenvalue weighted by atomic mass is 9.98. The minimum Gasteiger partial charge on any atom is -0.396 e. The summed E-state index contributed by atoms with van der Waals surface area (Å²) in [4.78, 5) is 13.3. The second-order valence-electron chi connectivity index (χ2n) is 3.55. The monoisotopic (exact) mass is 215 g/mol. The van der Waals surface area contributed by atoms with Crippen LogP contribution >= 0.6 is 11.7 Å². The molecule has 0 atom stereocenters. The molecule has 14 heavy (non-hydrogen) atoms. The third kappa shape index (κ3) is 1.80. The lowest BCUT2D eigenvalue weighted by molar-refractivity contribution is 0.203. The zero-order chi connectivity index (χ0) is 9.97. The molecule has 1 aromatic heterocycles. The summed E-state index contributed by atoms with van der Waals surface area (Å²) in [5.41, 5.74) is -0.0996. The minimum atomic E-state index is -0.0996. The van der Waals surface area contributed by atoms with Gasteiger partial charge in [-0.25, -0.2) is 0 Å². The van der Waals surface area contributed by atoms with Gasteiger partial charge in [-0.05, 0) is 18.8 Å². The van der Waals surface area contributed by atoms with Crippen LogP contribution < -0.4 is 10.5 Å². The molecule has 1 fully saturated rings. The van der Waals surface area contributed by atoms with Crippen LogP contribution in [-0.2, 0) is 0 Å². The van der Waals surface area contributed by atoms with E-state index in [-0.39, 0.29) is 12.2 Å². The maximum absolute atomic E-state index is 11.3. The van der Waals surface area contributed by atoms with Gasteiger partial charge in [0, 0.05) is 31.4 Å². The Hall–Kier alpha value is -0.880. The Labute approximate surface area is 85.7 Å².